The van der Waals surface area contributed by atoms with Gasteiger partial charge in [-0.05, 0) is 106 Å². The summed E-state index contributed by atoms with van der Waals surface area (Å²) in [5.74, 6) is 0.882. The molecule has 8 aromatic carbocycles. The molecule has 0 amide bonds. The molecule has 0 saturated heterocycles. The molecule has 0 fully saturated rings. The van der Waals surface area contributed by atoms with E-state index in [4.69, 9.17) is 9.97 Å². The van der Waals surface area contributed by atoms with Crippen LogP contribution in [0, 0.1) is 13.8 Å². The van der Waals surface area contributed by atoms with E-state index in [0.29, 0.717) is 6.54 Å². The van der Waals surface area contributed by atoms with Crippen LogP contribution in [0.2, 0.25) is 0 Å². The number of hydrogen-bond acceptors (Lipinski definition) is 4. The monoisotopic (exact) mass is 680 g/mol. The molecule has 252 valence electrons. The minimum Gasteiger partial charge on any atom is -0.334 e. The predicted octanol–water partition coefficient (Wildman–Crippen LogP) is 13.1. The lowest BCUT2D eigenvalue weighted by molar-refractivity contribution is 0.934. The predicted molar refractivity (Wildman–Crippen MR) is 224 cm³/mol. The van der Waals surface area contributed by atoms with E-state index >= 15 is 0 Å². The van der Waals surface area contributed by atoms with Crippen LogP contribution in [-0.2, 0) is 6.54 Å². The van der Waals surface area contributed by atoms with Crippen molar-refractivity contribution in [1.29, 1.82) is 0 Å². The zero-order valence-corrected chi connectivity index (χ0v) is 29.7. The molecule has 4 nitrogen and oxygen atoms in total. The van der Waals surface area contributed by atoms with Crippen LogP contribution in [-0.4, -0.2) is 9.97 Å². The Labute approximate surface area is 308 Å². The number of aryl methyl sites for hydroxylation is 2. The minimum absolute atomic E-state index is 0.636. The SMILES string of the molecule is Cc1cc(N(Cc2ccccn2)c2cccc3ccccc23)c2ccc3c(C)cc(N(c4ccccn4)c4cccc5ccccc45)c4ccc1c2c34. The summed E-state index contributed by atoms with van der Waals surface area (Å²) in [7, 11) is 0. The molecule has 2 heterocycles. The summed E-state index contributed by atoms with van der Waals surface area (Å²) >= 11 is 0. The van der Waals surface area contributed by atoms with Crippen molar-refractivity contribution < 1.29 is 0 Å². The highest BCUT2D eigenvalue weighted by Gasteiger charge is 2.24. The minimum atomic E-state index is 0.636. The smallest absolute Gasteiger partial charge is 0.137 e. The van der Waals surface area contributed by atoms with Gasteiger partial charge in [-0.2, -0.15) is 0 Å². The van der Waals surface area contributed by atoms with Gasteiger partial charge in [0.15, 0.2) is 0 Å². The van der Waals surface area contributed by atoms with E-state index in [1.165, 1.54) is 70.7 Å². The zero-order valence-electron chi connectivity index (χ0n) is 29.7. The topological polar surface area (TPSA) is 32.3 Å². The second kappa shape index (κ2) is 12.5. The van der Waals surface area contributed by atoms with Crippen LogP contribution in [0.15, 0.2) is 170 Å². The van der Waals surface area contributed by atoms with Crippen molar-refractivity contribution in [2.24, 2.45) is 0 Å². The van der Waals surface area contributed by atoms with Gasteiger partial charge in [-0.25, -0.2) is 4.98 Å². The third kappa shape index (κ3) is 5.06. The van der Waals surface area contributed by atoms with E-state index in [1.54, 1.807) is 0 Å². The summed E-state index contributed by atoms with van der Waals surface area (Å²) in [6.45, 7) is 5.13. The maximum absolute atomic E-state index is 4.94. The first-order valence-corrected chi connectivity index (χ1v) is 18.2. The van der Waals surface area contributed by atoms with Gasteiger partial charge in [0.25, 0.3) is 0 Å². The van der Waals surface area contributed by atoms with Crippen molar-refractivity contribution in [1.82, 2.24) is 9.97 Å². The molecule has 0 N–H and O–H groups in total. The number of pyridine rings is 2. The Morgan fingerprint density at radius 1 is 0.415 bits per heavy atom. The lowest BCUT2D eigenvalue weighted by Crippen LogP contribution is -2.18. The molecule has 0 aliphatic heterocycles. The maximum atomic E-state index is 4.94. The van der Waals surface area contributed by atoms with Crippen LogP contribution in [0.4, 0.5) is 28.6 Å². The van der Waals surface area contributed by atoms with Gasteiger partial charge >= 0.3 is 0 Å². The third-order valence-electron chi connectivity index (χ3n) is 10.8. The average Bonchev–Trinajstić information content (AvgIpc) is 3.21. The Hall–Kier alpha value is -6.78. The number of anilines is 5. The van der Waals surface area contributed by atoms with Gasteiger partial charge in [0.2, 0.25) is 0 Å². The Balaban J connectivity index is 1.28. The second-order valence-corrected chi connectivity index (χ2v) is 13.9. The van der Waals surface area contributed by atoms with E-state index in [2.05, 4.69) is 169 Å². The van der Waals surface area contributed by atoms with Crippen LogP contribution < -0.4 is 9.80 Å². The van der Waals surface area contributed by atoms with Crippen molar-refractivity contribution in [2.45, 2.75) is 20.4 Å². The Morgan fingerprint density at radius 2 is 0.943 bits per heavy atom. The van der Waals surface area contributed by atoms with E-state index in [0.717, 1.165) is 28.6 Å². The molecular weight excluding hydrogens is 645 g/mol. The lowest BCUT2D eigenvalue weighted by Gasteiger charge is -2.30. The van der Waals surface area contributed by atoms with Crippen molar-refractivity contribution in [3.8, 4) is 0 Å². The molecule has 0 aliphatic rings. The van der Waals surface area contributed by atoms with Crippen LogP contribution in [0.1, 0.15) is 16.8 Å². The van der Waals surface area contributed by atoms with Gasteiger partial charge in [-0.3, -0.25) is 9.88 Å². The van der Waals surface area contributed by atoms with Crippen LogP contribution in [0.5, 0.6) is 0 Å². The van der Waals surface area contributed by atoms with Crippen LogP contribution in [0.3, 0.4) is 0 Å². The number of rotatable bonds is 7. The number of benzene rings is 8. The Kier molecular flexibility index (Phi) is 7.29. The van der Waals surface area contributed by atoms with Gasteiger partial charge in [-0.15, -0.1) is 0 Å². The Bertz CT molecular complexity index is 2940. The molecule has 53 heavy (non-hydrogen) atoms. The number of nitrogens with zero attached hydrogens (tertiary/aromatic N) is 4. The quantitative estimate of drug-likeness (QED) is 0.157. The summed E-state index contributed by atoms with van der Waals surface area (Å²) in [6.07, 6.45) is 3.77. The van der Waals surface area contributed by atoms with Gasteiger partial charge in [0, 0.05) is 45.3 Å². The summed E-state index contributed by atoms with van der Waals surface area (Å²) in [5.41, 5.74) is 8.04. The fourth-order valence-electron chi connectivity index (χ4n) is 8.37. The first-order chi connectivity index (χ1) is 26.1. The lowest BCUT2D eigenvalue weighted by atomic mass is 9.88. The number of hydrogen-bond donors (Lipinski definition) is 0. The largest absolute Gasteiger partial charge is 0.334 e. The number of aromatic nitrogens is 2. The summed E-state index contributed by atoms with van der Waals surface area (Å²) in [5, 5.41) is 12.3. The first kappa shape index (κ1) is 31.0. The fraction of sp³-hybridized carbons (Fsp3) is 0.0612. The summed E-state index contributed by atoms with van der Waals surface area (Å²) in [6, 6.07) is 56.8. The zero-order chi connectivity index (χ0) is 35.5. The molecule has 10 aromatic rings. The highest BCUT2D eigenvalue weighted by Crippen LogP contribution is 2.49. The first-order valence-electron chi connectivity index (χ1n) is 18.2. The van der Waals surface area contributed by atoms with Crippen molar-refractivity contribution in [3.05, 3.63) is 187 Å². The van der Waals surface area contributed by atoms with E-state index in [-0.39, 0.29) is 0 Å². The fourth-order valence-corrected chi connectivity index (χ4v) is 8.37. The van der Waals surface area contributed by atoms with E-state index < -0.39 is 0 Å². The second-order valence-electron chi connectivity index (χ2n) is 13.9. The van der Waals surface area contributed by atoms with Crippen LogP contribution >= 0.6 is 0 Å². The molecule has 0 radical (unpaired) electrons. The molecule has 4 heteroatoms. The molecule has 2 aromatic heterocycles. The van der Waals surface area contributed by atoms with Crippen molar-refractivity contribution in [3.63, 3.8) is 0 Å². The van der Waals surface area contributed by atoms with Gasteiger partial charge < -0.3 is 4.90 Å². The highest BCUT2D eigenvalue weighted by molar-refractivity contribution is 6.29. The van der Waals surface area contributed by atoms with Gasteiger partial charge in [0.1, 0.15) is 5.82 Å². The molecule has 0 unspecified atom stereocenters. The summed E-state index contributed by atoms with van der Waals surface area (Å²) in [4.78, 5) is 14.6. The molecule has 0 aliphatic carbocycles. The van der Waals surface area contributed by atoms with Gasteiger partial charge in [0.05, 0.1) is 23.6 Å². The average molecular weight is 681 g/mol. The van der Waals surface area contributed by atoms with Crippen LogP contribution in [0.25, 0.3) is 53.9 Å². The number of fused-ring (bicyclic) bond motifs is 2. The third-order valence-corrected chi connectivity index (χ3v) is 10.8. The van der Waals surface area contributed by atoms with E-state index in [9.17, 15) is 0 Å². The van der Waals surface area contributed by atoms with E-state index in [1.807, 2.05) is 24.5 Å². The molecule has 0 saturated carbocycles. The standard InChI is InChI=1S/C49H36N4/c1-32-29-45(52(31-36-17-7-9-27-50-36)43-20-11-15-34-13-3-5-18-39(34)43)41-25-23-38-33(2)30-46(42-26-24-37(32)48(41)49(38)42)53(47-22-8-10-28-51-47)44-21-12-16-35-14-4-6-19-40(35)44/h3-30H,31H2,1-2H3. The normalized spacial score (nSPS) is 11.7. The molecular formula is C49H36N4. The maximum Gasteiger partial charge on any atom is 0.137 e. The van der Waals surface area contributed by atoms with Crippen molar-refractivity contribution >= 4 is 82.4 Å². The summed E-state index contributed by atoms with van der Waals surface area (Å²) < 4.78 is 0. The highest BCUT2D eigenvalue weighted by atomic mass is 15.2. The van der Waals surface area contributed by atoms with Crippen molar-refractivity contribution in [2.75, 3.05) is 9.80 Å². The molecule has 0 atom stereocenters. The molecule has 10 rings (SSSR count). The Morgan fingerprint density at radius 3 is 1.58 bits per heavy atom. The molecule has 0 bridgehead atoms. The van der Waals surface area contributed by atoms with Gasteiger partial charge in [-0.1, -0.05) is 109 Å². The molecule has 0 spiro atoms.